The van der Waals surface area contributed by atoms with Crippen LogP contribution in [0.15, 0.2) is 12.3 Å². The van der Waals surface area contributed by atoms with Gasteiger partial charge >= 0.3 is 18.1 Å². The Hall–Kier alpha value is -2.27. The van der Waals surface area contributed by atoms with Crippen LogP contribution in [0.3, 0.4) is 0 Å². The molecule has 0 aromatic carbocycles. The summed E-state index contributed by atoms with van der Waals surface area (Å²) in [4.78, 5) is 26.2. The highest BCUT2D eigenvalue weighted by atomic mass is 19.4. The second-order valence-electron chi connectivity index (χ2n) is 7.68. The molecule has 1 heterocycles. The number of hydrogen-bond donors (Lipinski definition) is 3. The van der Waals surface area contributed by atoms with Crippen molar-refractivity contribution in [3.8, 4) is 0 Å². The second kappa shape index (κ2) is 10.7. The number of aromatic amines is 1. The van der Waals surface area contributed by atoms with Gasteiger partial charge in [-0.1, -0.05) is 0 Å². The second-order valence-corrected chi connectivity index (χ2v) is 7.68. The summed E-state index contributed by atoms with van der Waals surface area (Å²) in [6, 6.07) is 1.57. The van der Waals surface area contributed by atoms with Gasteiger partial charge in [-0.15, -0.1) is 0 Å². The summed E-state index contributed by atoms with van der Waals surface area (Å²) in [6.45, 7) is 6.47. The number of H-pyrrole nitrogens is 1. The van der Waals surface area contributed by atoms with Crippen molar-refractivity contribution in [3.63, 3.8) is 0 Å². The van der Waals surface area contributed by atoms with Crippen molar-refractivity contribution in [1.29, 1.82) is 0 Å². The fourth-order valence-electron chi connectivity index (χ4n) is 2.36. The van der Waals surface area contributed by atoms with Crippen LogP contribution in [-0.2, 0) is 19.0 Å². The molecule has 0 bridgehead atoms. The van der Waals surface area contributed by atoms with Gasteiger partial charge in [0.1, 0.15) is 11.3 Å². The van der Waals surface area contributed by atoms with E-state index < -0.39 is 35.9 Å². The fraction of sp³-hybridized carbons (Fsp3) is 0.684. The predicted molar refractivity (Wildman–Crippen MR) is 104 cm³/mol. The van der Waals surface area contributed by atoms with E-state index in [0.717, 1.165) is 6.92 Å². The van der Waals surface area contributed by atoms with Gasteiger partial charge in [0.05, 0.1) is 25.4 Å². The molecule has 0 aliphatic rings. The Morgan fingerprint density at radius 2 is 1.83 bits per heavy atom. The Labute approximate surface area is 173 Å². The van der Waals surface area contributed by atoms with Gasteiger partial charge in [0.25, 0.3) is 0 Å². The van der Waals surface area contributed by atoms with Crippen LogP contribution in [0.5, 0.6) is 0 Å². The van der Waals surface area contributed by atoms with E-state index in [-0.39, 0.29) is 32.0 Å². The summed E-state index contributed by atoms with van der Waals surface area (Å²) in [6.07, 6.45) is -3.16. The van der Waals surface area contributed by atoms with Crippen molar-refractivity contribution >= 4 is 17.6 Å². The Balaban J connectivity index is 2.56. The van der Waals surface area contributed by atoms with Crippen molar-refractivity contribution in [3.05, 3.63) is 18.0 Å². The number of anilines is 1. The van der Waals surface area contributed by atoms with Gasteiger partial charge in [-0.25, -0.2) is 4.79 Å². The number of halogens is 3. The summed E-state index contributed by atoms with van der Waals surface area (Å²) in [5, 5.41) is 5.28. The molecule has 0 radical (unpaired) electrons. The number of esters is 2. The zero-order chi connectivity index (χ0) is 23.0. The number of carbonyl (C=O) groups excluding carboxylic acids is 2. The quantitative estimate of drug-likeness (QED) is 0.361. The average molecular weight is 437 g/mol. The van der Waals surface area contributed by atoms with Gasteiger partial charge < -0.3 is 29.8 Å². The van der Waals surface area contributed by atoms with Crippen LogP contribution in [-0.4, -0.2) is 67.1 Å². The Morgan fingerprint density at radius 1 is 1.17 bits per heavy atom. The standard InChI is InChI=1S/C19H30F3N3O5/c1-6-28-16(27)15-13(7-8-25-15)24-9-10-29-18(5,19(20,21)22)12-23-11-14(26)30-17(2,3)4/h7-8,23-25H,6,9-12H2,1-5H3. The fourth-order valence-corrected chi connectivity index (χ4v) is 2.36. The summed E-state index contributed by atoms with van der Waals surface area (Å²) in [5.41, 5.74) is -2.67. The maximum absolute atomic E-state index is 13.5. The van der Waals surface area contributed by atoms with Crippen LogP contribution < -0.4 is 10.6 Å². The zero-order valence-electron chi connectivity index (χ0n) is 17.9. The van der Waals surface area contributed by atoms with E-state index in [0.29, 0.717) is 5.69 Å². The van der Waals surface area contributed by atoms with Crippen LogP contribution in [0.2, 0.25) is 0 Å². The van der Waals surface area contributed by atoms with E-state index in [9.17, 15) is 22.8 Å². The SMILES string of the molecule is CCOC(=O)c1[nH]ccc1NCCOC(C)(CNCC(=O)OC(C)(C)C)C(F)(F)F. The number of alkyl halides is 3. The first kappa shape index (κ1) is 25.8. The number of ether oxygens (including phenoxy) is 3. The van der Waals surface area contributed by atoms with Crippen molar-refractivity contribution in [2.45, 2.75) is 52.0 Å². The lowest BCUT2D eigenvalue weighted by Gasteiger charge is -2.32. The number of aromatic nitrogens is 1. The van der Waals surface area contributed by atoms with Gasteiger partial charge in [0, 0.05) is 19.3 Å². The molecular formula is C19H30F3N3O5. The summed E-state index contributed by atoms with van der Waals surface area (Å²) < 4.78 is 55.5. The molecule has 0 amide bonds. The minimum atomic E-state index is -4.67. The van der Waals surface area contributed by atoms with E-state index >= 15 is 0 Å². The summed E-state index contributed by atoms with van der Waals surface area (Å²) in [5.74, 6) is -1.23. The number of nitrogens with one attached hydrogen (secondary N) is 3. The van der Waals surface area contributed by atoms with Gasteiger partial charge in [0.2, 0.25) is 0 Å². The number of rotatable bonds is 11. The summed E-state index contributed by atoms with van der Waals surface area (Å²) in [7, 11) is 0. The third-order valence-electron chi connectivity index (χ3n) is 3.82. The molecule has 0 saturated carbocycles. The molecule has 1 aromatic rings. The van der Waals surface area contributed by atoms with Crippen LogP contribution in [0.4, 0.5) is 18.9 Å². The Bertz CT molecular complexity index is 700. The van der Waals surface area contributed by atoms with Crippen LogP contribution in [0.1, 0.15) is 45.1 Å². The molecular weight excluding hydrogens is 407 g/mol. The Kier molecular flexibility index (Phi) is 9.16. The lowest BCUT2D eigenvalue weighted by Crippen LogP contribution is -2.53. The van der Waals surface area contributed by atoms with Crippen LogP contribution >= 0.6 is 0 Å². The summed E-state index contributed by atoms with van der Waals surface area (Å²) >= 11 is 0. The molecule has 8 nitrogen and oxygen atoms in total. The van der Waals surface area contributed by atoms with E-state index in [2.05, 4.69) is 15.6 Å². The van der Waals surface area contributed by atoms with Gasteiger partial charge in [-0.05, 0) is 40.7 Å². The van der Waals surface area contributed by atoms with E-state index in [4.69, 9.17) is 14.2 Å². The van der Waals surface area contributed by atoms with E-state index in [1.54, 1.807) is 33.8 Å². The number of carbonyl (C=O) groups is 2. The number of hydrogen-bond acceptors (Lipinski definition) is 7. The van der Waals surface area contributed by atoms with E-state index in [1.807, 2.05) is 0 Å². The van der Waals surface area contributed by atoms with Crippen molar-refractivity contribution in [1.82, 2.24) is 10.3 Å². The molecule has 0 aliphatic heterocycles. The molecule has 0 saturated heterocycles. The lowest BCUT2D eigenvalue weighted by molar-refractivity contribution is -0.267. The van der Waals surface area contributed by atoms with Crippen LogP contribution in [0, 0.1) is 0 Å². The third-order valence-corrected chi connectivity index (χ3v) is 3.82. The molecule has 172 valence electrons. The first-order valence-electron chi connectivity index (χ1n) is 9.50. The first-order valence-corrected chi connectivity index (χ1v) is 9.50. The third kappa shape index (κ3) is 8.23. The molecule has 3 N–H and O–H groups in total. The molecule has 1 aromatic heterocycles. The highest BCUT2D eigenvalue weighted by molar-refractivity contribution is 5.93. The molecule has 0 fully saturated rings. The minimum Gasteiger partial charge on any atom is -0.461 e. The molecule has 1 rings (SSSR count). The molecule has 1 unspecified atom stereocenters. The highest BCUT2D eigenvalue weighted by Crippen LogP contribution is 2.33. The lowest BCUT2D eigenvalue weighted by atomic mass is 10.1. The normalized spacial score (nSPS) is 14.1. The molecule has 30 heavy (non-hydrogen) atoms. The smallest absolute Gasteiger partial charge is 0.418 e. The topological polar surface area (TPSA) is 102 Å². The van der Waals surface area contributed by atoms with E-state index in [1.165, 1.54) is 6.20 Å². The van der Waals surface area contributed by atoms with Gasteiger partial charge in [-0.3, -0.25) is 4.79 Å². The average Bonchev–Trinajstić information content (AvgIpc) is 3.05. The van der Waals surface area contributed by atoms with Crippen LogP contribution in [0.25, 0.3) is 0 Å². The predicted octanol–water partition coefficient (Wildman–Crippen LogP) is 2.87. The van der Waals surface area contributed by atoms with Crippen molar-refractivity contribution in [2.75, 3.05) is 38.2 Å². The monoisotopic (exact) mass is 437 g/mol. The maximum atomic E-state index is 13.5. The van der Waals surface area contributed by atoms with Gasteiger partial charge in [-0.2, -0.15) is 13.2 Å². The Morgan fingerprint density at radius 3 is 2.40 bits per heavy atom. The molecule has 0 aliphatic carbocycles. The first-order chi connectivity index (χ1) is 13.8. The van der Waals surface area contributed by atoms with Crippen molar-refractivity contribution < 1.29 is 37.0 Å². The molecule has 11 heteroatoms. The maximum Gasteiger partial charge on any atom is 0.418 e. The highest BCUT2D eigenvalue weighted by Gasteiger charge is 2.52. The molecule has 0 spiro atoms. The van der Waals surface area contributed by atoms with Crippen molar-refractivity contribution in [2.24, 2.45) is 0 Å². The minimum absolute atomic E-state index is 0.0159. The largest absolute Gasteiger partial charge is 0.461 e. The zero-order valence-corrected chi connectivity index (χ0v) is 17.9. The van der Waals surface area contributed by atoms with Gasteiger partial charge in [0.15, 0.2) is 5.60 Å². The molecule has 1 atom stereocenters.